The van der Waals surface area contributed by atoms with Crippen molar-refractivity contribution in [3.8, 4) is 11.5 Å². The van der Waals surface area contributed by atoms with Crippen LogP contribution in [0.1, 0.15) is 11.1 Å². The fraction of sp³-hybridized carbons (Fsp3) is 0.250. The highest BCUT2D eigenvalue weighted by atomic mass is 35.5. The van der Waals surface area contributed by atoms with Gasteiger partial charge in [-0.2, -0.15) is 8.78 Å². The van der Waals surface area contributed by atoms with Gasteiger partial charge in [-0.05, 0) is 18.2 Å². The van der Waals surface area contributed by atoms with E-state index in [4.69, 9.17) is 21.1 Å². The summed E-state index contributed by atoms with van der Waals surface area (Å²) in [6.07, 6.45) is 0. The zero-order valence-electron chi connectivity index (χ0n) is 11.5. The average molecular weight is 313 g/mol. The minimum Gasteiger partial charge on any atom is -0.497 e. The number of hydrogen-bond acceptors (Lipinski definition) is 2. The van der Waals surface area contributed by atoms with Gasteiger partial charge in [-0.15, -0.1) is 11.6 Å². The Balaban J connectivity index is 2.12. The average Bonchev–Trinajstić information content (AvgIpc) is 2.53. The van der Waals surface area contributed by atoms with Crippen molar-refractivity contribution in [2.24, 2.45) is 0 Å². The van der Waals surface area contributed by atoms with Crippen molar-refractivity contribution in [3.63, 3.8) is 0 Å². The normalized spacial score (nSPS) is 11.2. The standard InChI is InChI=1S/C16H15ClF2O2/c1-20-14-7-8-15(12(9-14)10-17)21-11-16(18,19)13-5-3-2-4-6-13/h2-9H,10-11H2,1H3. The zero-order valence-corrected chi connectivity index (χ0v) is 12.2. The van der Waals surface area contributed by atoms with Crippen LogP contribution in [-0.2, 0) is 11.8 Å². The first-order valence-corrected chi connectivity index (χ1v) is 6.89. The van der Waals surface area contributed by atoms with Crippen LogP contribution in [-0.4, -0.2) is 13.7 Å². The molecule has 0 fully saturated rings. The molecule has 0 saturated carbocycles. The van der Waals surface area contributed by atoms with Crippen molar-refractivity contribution in [1.29, 1.82) is 0 Å². The predicted octanol–water partition coefficient (Wildman–Crippen LogP) is 4.60. The molecule has 0 bridgehead atoms. The molecule has 112 valence electrons. The quantitative estimate of drug-likeness (QED) is 0.725. The van der Waals surface area contributed by atoms with Crippen LogP contribution in [0.15, 0.2) is 48.5 Å². The summed E-state index contributed by atoms with van der Waals surface area (Å²) in [5.74, 6) is -1.97. The summed E-state index contributed by atoms with van der Waals surface area (Å²) in [4.78, 5) is 0. The third-order valence-corrected chi connectivity index (χ3v) is 3.30. The van der Waals surface area contributed by atoms with E-state index in [1.165, 1.54) is 19.2 Å². The molecule has 0 aromatic heterocycles. The Kier molecular flexibility index (Phi) is 5.02. The Labute approximate surface area is 127 Å². The Morgan fingerprint density at radius 3 is 2.43 bits per heavy atom. The lowest BCUT2D eigenvalue weighted by atomic mass is 10.1. The van der Waals surface area contributed by atoms with Crippen molar-refractivity contribution in [1.82, 2.24) is 0 Å². The van der Waals surface area contributed by atoms with Gasteiger partial charge in [-0.25, -0.2) is 0 Å². The molecule has 0 amide bonds. The second kappa shape index (κ2) is 6.76. The molecule has 21 heavy (non-hydrogen) atoms. The Morgan fingerprint density at radius 2 is 1.81 bits per heavy atom. The number of halogens is 3. The summed E-state index contributed by atoms with van der Waals surface area (Å²) in [5, 5.41) is 0. The SMILES string of the molecule is COc1ccc(OCC(F)(F)c2ccccc2)c(CCl)c1. The van der Waals surface area contributed by atoms with E-state index in [1.54, 1.807) is 36.4 Å². The van der Waals surface area contributed by atoms with Crippen LogP contribution < -0.4 is 9.47 Å². The maximum atomic E-state index is 14.0. The van der Waals surface area contributed by atoms with Gasteiger partial charge in [0.05, 0.1) is 13.0 Å². The third-order valence-electron chi connectivity index (χ3n) is 3.02. The highest BCUT2D eigenvalue weighted by Crippen LogP contribution is 2.31. The molecule has 0 aliphatic heterocycles. The van der Waals surface area contributed by atoms with Gasteiger partial charge < -0.3 is 9.47 Å². The largest absolute Gasteiger partial charge is 0.497 e. The van der Waals surface area contributed by atoms with Gasteiger partial charge in [0, 0.05) is 11.1 Å². The van der Waals surface area contributed by atoms with Crippen LogP contribution in [0.5, 0.6) is 11.5 Å². The van der Waals surface area contributed by atoms with Gasteiger partial charge in [0.2, 0.25) is 0 Å². The molecule has 0 radical (unpaired) electrons. The van der Waals surface area contributed by atoms with Crippen molar-refractivity contribution < 1.29 is 18.3 Å². The van der Waals surface area contributed by atoms with Gasteiger partial charge in [0.25, 0.3) is 0 Å². The van der Waals surface area contributed by atoms with Crippen molar-refractivity contribution in [3.05, 3.63) is 59.7 Å². The van der Waals surface area contributed by atoms with Crippen LogP contribution >= 0.6 is 11.6 Å². The monoisotopic (exact) mass is 312 g/mol. The maximum Gasteiger partial charge on any atom is 0.306 e. The van der Waals surface area contributed by atoms with Gasteiger partial charge in [-0.3, -0.25) is 0 Å². The molecule has 2 aromatic rings. The number of methoxy groups -OCH3 is 1. The Bertz CT molecular complexity index is 588. The number of ether oxygens (including phenoxy) is 2. The minimum absolute atomic E-state index is 0.0778. The number of hydrogen-bond donors (Lipinski definition) is 0. The summed E-state index contributed by atoms with van der Waals surface area (Å²) >= 11 is 5.80. The smallest absolute Gasteiger partial charge is 0.306 e. The number of alkyl halides is 3. The Morgan fingerprint density at radius 1 is 1.10 bits per heavy atom. The van der Waals surface area contributed by atoms with Crippen molar-refractivity contribution >= 4 is 11.6 Å². The molecule has 0 aliphatic carbocycles. The molecular formula is C16H15ClF2O2. The van der Waals surface area contributed by atoms with Crippen molar-refractivity contribution in [2.45, 2.75) is 11.8 Å². The van der Waals surface area contributed by atoms with E-state index >= 15 is 0 Å². The first-order valence-electron chi connectivity index (χ1n) is 6.36. The zero-order chi connectivity index (χ0) is 15.3. The first-order chi connectivity index (χ1) is 10.1. The number of benzene rings is 2. The second-order valence-electron chi connectivity index (χ2n) is 4.47. The second-order valence-corrected chi connectivity index (χ2v) is 4.73. The summed E-state index contributed by atoms with van der Waals surface area (Å²) in [7, 11) is 1.53. The van der Waals surface area contributed by atoms with E-state index in [1.807, 2.05) is 0 Å². The van der Waals surface area contributed by atoms with Crippen LogP contribution in [0.3, 0.4) is 0 Å². The lowest BCUT2D eigenvalue weighted by molar-refractivity contribution is -0.0468. The first kappa shape index (κ1) is 15.6. The van der Waals surface area contributed by atoms with E-state index < -0.39 is 12.5 Å². The van der Waals surface area contributed by atoms with E-state index in [0.717, 1.165) is 0 Å². The molecule has 0 N–H and O–H groups in total. The van der Waals surface area contributed by atoms with Crippen LogP contribution in [0.4, 0.5) is 8.78 Å². The van der Waals surface area contributed by atoms with E-state index in [9.17, 15) is 8.78 Å². The van der Waals surface area contributed by atoms with E-state index in [-0.39, 0.29) is 11.4 Å². The van der Waals surface area contributed by atoms with E-state index in [0.29, 0.717) is 17.1 Å². The van der Waals surface area contributed by atoms with Gasteiger partial charge in [-0.1, -0.05) is 30.3 Å². The minimum atomic E-state index is -3.06. The van der Waals surface area contributed by atoms with E-state index in [2.05, 4.69) is 0 Å². The molecule has 0 atom stereocenters. The molecule has 0 aliphatic rings. The van der Waals surface area contributed by atoms with Crippen LogP contribution in [0.2, 0.25) is 0 Å². The molecule has 2 nitrogen and oxygen atoms in total. The molecule has 0 saturated heterocycles. The molecule has 0 spiro atoms. The van der Waals surface area contributed by atoms with Crippen LogP contribution in [0.25, 0.3) is 0 Å². The summed E-state index contributed by atoms with van der Waals surface area (Å²) < 4.78 is 38.4. The molecule has 5 heteroatoms. The molecule has 0 heterocycles. The molecule has 2 rings (SSSR count). The molecular weight excluding hydrogens is 298 g/mol. The molecule has 0 unspecified atom stereocenters. The summed E-state index contributed by atoms with van der Waals surface area (Å²) in [6, 6.07) is 12.5. The number of rotatable bonds is 6. The van der Waals surface area contributed by atoms with Gasteiger partial charge in [0.15, 0.2) is 6.61 Å². The highest BCUT2D eigenvalue weighted by Gasteiger charge is 2.32. The molecule has 2 aromatic carbocycles. The van der Waals surface area contributed by atoms with Crippen molar-refractivity contribution in [2.75, 3.05) is 13.7 Å². The summed E-state index contributed by atoms with van der Waals surface area (Å²) in [5.41, 5.74) is 0.533. The Hall–Kier alpha value is -1.81. The third kappa shape index (κ3) is 3.85. The van der Waals surface area contributed by atoms with Gasteiger partial charge in [0.1, 0.15) is 11.5 Å². The van der Waals surface area contributed by atoms with Gasteiger partial charge >= 0.3 is 5.92 Å². The fourth-order valence-corrected chi connectivity index (χ4v) is 2.07. The lowest BCUT2D eigenvalue weighted by Gasteiger charge is -2.19. The summed E-state index contributed by atoms with van der Waals surface area (Å²) in [6.45, 7) is -0.743. The lowest BCUT2D eigenvalue weighted by Crippen LogP contribution is -2.23. The predicted molar refractivity (Wildman–Crippen MR) is 78.4 cm³/mol. The fourth-order valence-electron chi connectivity index (χ4n) is 1.86. The topological polar surface area (TPSA) is 18.5 Å². The van der Waals surface area contributed by atoms with Crippen LogP contribution in [0, 0.1) is 0 Å². The maximum absolute atomic E-state index is 14.0. The highest BCUT2D eigenvalue weighted by molar-refractivity contribution is 6.17.